The van der Waals surface area contributed by atoms with Crippen molar-refractivity contribution in [3.8, 4) is 0 Å². The van der Waals surface area contributed by atoms with Crippen LogP contribution in [0.4, 0.5) is 0 Å². The van der Waals surface area contributed by atoms with Crippen LogP contribution < -0.4 is 10.0 Å². The third-order valence-electron chi connectivity index (χ3n) is 8.26. The summed E-state index contributed by atoms with van der Waals surface area (Å²) in [6, 6.07) is 26.3. The van der Waals surface area contributed by atoms with Crippen molar-refractivity contribution < 1.29 is 8.42 Å². The summed E-state index contributed by atoms with van der Waals surface area (Å²) in [6.45, 7) is 1.56. The van der Waals surface area contributed by atoms with Crippen LogP contribution in [0.1, 0.15) is 54.7 Å². The molecular weight excluding hydrogens is 500 g/mol. The number of benzene rings is 3. The van der Waals surface area contributed by atoms with Crippen molar-refractivity contribution in [2.45, 2.75) is 61.8 Å². The number of halogens is 1. The van der Waals surface area contributed by atoms with Gasteiger partial charge in [0.15, 0.2) is 0 Å². The van der Waals surface area contributed by atoms with Crippen LogP contribution in [0.15, 0.2) is 83.8 Å². The fourth-order valence-electron chi connectivity index (χ4n) is 6.11. The lowest BCUT2D eigenvalue weighted by atomic mass is 9.75. The fraction of sp³-hybridized carbons (Fsp3) is 0.419. The van der Waals surface area contributed by atoms with E-state index in [0.717, 1.165) is 56.5 Å². The molecule has 1 fully saturated rings. The second kappa shape index (κ2) is 12.1. The van der Waals surface area contributed by atoms with Gasteiger partial charge in [0.25, 0.3) is 0 Å². The summed E-state index contributed by atoms with van der Waals surface area (Å²) in [5.74, 6) is 1.49. The molecule has 2 atom stereocenters. The summed E-state index contributed by atoms with van der Waals surface area (Å²) in [4.78, 5) is 0.342. The van der Waals surface area contributed by atoms with Gasteiger partial charge in [-0.2, -0.15) is 0 Å². The first kappa shape index (κ1) is 26.4. The van der Waals surface area contributed by atoms with Crippen molar-refractivity contribution in [3.63, 3.8) is 0 Å². The van der Waals surface area contributed by atoms with Crippen LogP contribution in [0.3, 0.4) is 0 Å². The van der Waals surface area contributed by atoms with Crippen molar-refractivity contribution in [1.29, 1.82) is 0 Å². The molecule has 0 heterocycles. The molecule has 2 aliphatic carbocycles. The molecule has 5 rings (SSSR count). The van der Waals surface area contributed by atoms with Crippen molar-refractivity contribution in [2.75, 3.05) is 13.1 Å². The molecule has 37 heavy (non-hydrogen) atoms. The quantitative estimate of drug-likeness (QED) is 0.335. The molecule has 0 radical (unpaired) electrons. The third kappa shape index (κ3) is 6.83. The average molecular weight is 537 g/mol. The van der Waals surface area contributed by atoms with Crippen LogP contribution >= 0.6 is 11.6 Å². The summed E-state index contributed by atoms with van der Waals surface area (Å²) in [5.41, 5.74) is 4.21. The molecule has 3 aromatic rings. The Morgan fingerprint density at radius 1 is 0.784 bits per heavy atom. The molecule has 6 heteroatoms. The highest BCUT2D eigenvalue weighted by Crippen LogP contribution is 2.36. The van der Waals surface area contributed by atoms with E-state index in [1.165, 1.54) is 16.7 Å². The van der Waals surface area contributed by atoms with E-state index in [-0.39, 0.29) is 0 Å². The van der Waals surface area contributed by atoms with E-state index in [9.17, 15) is 8.42 Å². The lowest BCUT2D eigenvalue weighted by molar-refractivity contribution is 0.252. The maximum atomic E-state index is 12.6. The number of fused-ring (bicyclic) bond motifs is 1. The Balaban J connectivity index is 1.15. The molecular formula is C31H37ClN2O2S. The Morgan fingerprint density at radius 2 is 1.43 bits per heavy atom. The van der Waals surface area contributed by atoms with Crippen LogP contribution in [-0.4, -0.2) is 27.5 Å². The molecule has 0 aliphatic heterocycles. The molecule has 4 nitrogen and oxygen atoms in total. The summed E-state index contributed by atoms with van der Waals surface area (Å²) >= 11 is 6.32. The Morgan fingerprint density at radius 3 is 2.14 bits per heavy atom. The first-order valence-electron chi connectivity index (χ1n) is 13.6. The van der Waals surface area contributed by atoms with E-state index >= 15 is 0 Å². The Kier molecular flexibility index (Phi) is 8.66. The minimum atomic E-state index is -3.43. The minimum Gasteiger partial charge on any atom is -0.313 e. The highest BCUT2D eigenvalue weighted by Gasteiger charge is 2.31. The maximum Gasteiger partial charge on any atom is 0.240 e. The topological polar surface area (TPSA) is 58.2 Å². The number of sulfonamides is 1. The zero-order chi connectivity index (χ0) is 25.7. The molecule has 2 aliphatic rings. The molecule has 3 aromatic carbocycles. The molecule has 0 aromatic heterocycles. The van der Waals surface area contributed by atoms with Gasteiger partial charge in [0.05, 0.1) is 4.90 Å². The number of rotatable bonds is 9. The van der Waals surface area contributed by atoms with Crippen LogP contribution in [0.2, 0.25) is 5.02 Å². The van der Waals surface area contributed by atoms with E-state index in [0.29, 0.717) is 35.2 Å². The van der Waals surface area contributed by atoms with E-state index < -0.39 is 10.0 Å². The highest BCUT2D eigenvalue weighted by molar-refractivity contribution is 7.89. The molecule has 0 amide bonds. The van der Waals surface area contributed by atoms with Crippen molar-refractivity contribution in [2.24, 2.45) is 11.8 Å². The van der Waals surface area contributed by atoms with Gasteiger partial charge in [0.1, 0.15) is 0 Å². The monoisotopic (exact) mass is 536 g/mol. The zero-order valence-corrected chi connectivity index (χ0v) is 22.9. The van der Waals surface area contributed by atoms with E-state index in [1.54, 1.807) is 24.3 Å². The zero-order valence-electron chi connectivity index (χ0n) is 21.3. The van der Waals surface area contributed by atoms with E-state index in [4.69, 9.17) is 11.6 Å². The largest absolute Gasteiger partial charge is 0.313 e. The van der Waals surface area contributed by atoms with Crippen molar-refractivity contribution in [3.05, 3.63) is 101 Å². The summed E-state index contributed by atoms with van der Waals surface area (Å²) in [5, 5.41) is 4.79. The Bertz CT molecular complexity index is 1260. The molecule has 0 bridgehead atoms. The van der Waals surface area contributed by atoms with Gasteiger partial charge in [0, 0.05) is 23.5 Å². The van der Waals surface area contributed by atoms with Crippen LogP contribution in [0, 0.1) is 11.8 Å². The molecule has 2 unspecified atom stereocenters. The van der Waals surface area contributed by atoms with Crippen LogP contribution in [0.25, 0.3) is 0 Å². The predicted molar refractivity (Wildman–Crippen MR) is 152 cm³/mol. The van der Waals surface area contributed by atoms with Crippen molar-refractivity contribution >= 4 is 21.6 Å². The third-order valence-corrected chi connectivity index (χ3v) is 9.94. The second-order valence-electron chi connectivity index (χ2n) is 10.7. The first-order chi connectivity index (χ1) is 18.0. The van der Waals surface area contributed by atoms with Gasteiger partial charge in [-0.25, -0.2) is 13.1 Å². The van der Waals surface area contributed by atoms with Gasteiger partial charge in [-0.3, -0.25) is 0 Å². The van der Waals surface area contributed by atoms with E-state index in [2.05, 4.69) is 52.5 Å². The van der Waals surface area contributed by atoms with Gasteiger partial charge in [-0.15, -0.1) is 0 Å². The minimum absolute atomic E-state index is 0.342. The maximum absolute atomic E-state index is 12.6. The van der Waals surface area contributed by atoms with Gasteiger partial charge < -0.3 is 5.32 Å². The first-order valence-corrected chi connectivity index (χ1v) is 15.4. The smallest absolute Gasteiger partial charge is 0.240 e. The summed E-state index contributed by atoms with van der Waals surface area (Å²) in [6.07, 6.45) is 7.65. The van der Waals surface area contributed by atoms with E-state index in [1.807, 2.05) is 12.1 Å². The second-order valence-corrected chi connectivity index (χ2v) is 12.9. The number of nitrogens with one attached hydrogen (secondary N) is 2. The standard InChI is InChI=1S/C31H37ClN2O2S/c32-27-16-17-29-26(20-27)15-18-31(30(29)19-23-7-3-1-4-8-23)33-21-24-11-13-25(14-12-24)22-34-37(35,36)28-9-5-2-6-10-28/h1-10,16-17,20,24-25,30-31,33-34H,11-15,18-19,21-22H2. The number of hydrogen-bond acceptors (Lipinski definition) is 3. The normalized spacial score (nSPS) is 23.9. The number of aryl methyl sites for hydroxylation is 1. The molecule has 0 spiro atoms. The average Bonchev–Trinajstić information content (AvgIpc) is 2.93. The lowest BCUT2D eigenvalue weighted by Gasteiger charge is -2.37. The SMILES string of the molecule is O=S(=O)(NCC1CCC(CNC2CCc3cc(Cl)ccc3C2Cc2ccccc2)CC1)c1ccccc1. The van der Waals surface area contributed by atoms with Gasteiger partial charge in [-0.05, 0) is 104 Å². The summed E-state index contributed by atoms with van der Waals surface area (Å²) < 4.78 is 27.9. The molecule has 0 saturated heterocycles. The molecule has 196 valence electrons. The van der Waals surface area contributed by atoms with Crippen LogP contribution in [0.5, 0.6) is 0 Å². The molecule has 2 N–H and O–H groups in total. The van der Waals surface area contributed by atoms with Crippen molar-refractivity contribution in [1.82, 2.24) is 10.0 Å². The highest BCUT2D eigenvalue weighted by atomic mass is 35.5. The van der Waals surface area contributed by atoms with Gasteiger partial charge in [-0.1, -0.05) is 66.2 Å². The summed E-state index contributed by atoms with van der Waals surface area (Å²) in [7, 11) is -3.43. The Hall–Kier alpha value is -2.18. The van der Waals surface area contributed by atoms with Gasteiger partial charge >= 0.3 is 0 Å². The Labute approximate surface area is 226 Å². The number of hydrogen-bond donors (Lipinski definition) is 2. The van der Waals surface area contributed by atoms with Gasteiger partial charge in [0.2, 0.25) is 10.0 Å². The lowest BCUT2D eigenvalue weighted by Crippen LogP contribution is -2.42. The predicted octanol–water partition coefficient (Wildman–Crippen LogP) is 6.36. The fourth-order valence-corrected chi connectivity index (χ4v) is 7.45. The van der Waals surface area contributed by atoms with Crippen LogP contribution in [-0.2, 0) is 22.9 Å². The molecule has 1 saturated carbocycles.